The molecule has 1 heterocycles. The van der Waals surface area contributed by atoms with Crippen molar-refractivity contribution in [2.45, 2.75) is 31.7 Å². The van der Waals surface area contributed by atoms with Crippen molar-refractivity contribution < 1.29 is 4.74 Å². The molecule has 0 radical (unpaired) electrons. The standard InChI is InChI=1S/C13H17NO/c14-12(8-9-4-5-9)11-3-1-2-10-6-7-15-13(10)11/h1-3,9,12H,4-8,14H2. The zero-order valence-corrected chi connectivity index (χ0v) is 8.91. The van der Waals surface area contributed by atoms with E-state index in [-0.39, 0.29) is 6.04 Å². The summed E-state index contributed by atoms with van der Waals surface area (Å²) in [4.78, 5) is 0. The predicted molar refractivity (Wildman–Crippen MR) is 59.9 cm³/mol. The van der Waals surface area contributed by atoms with Crippen LogP contribution in [0.3, 0.4) is 0 Å². The van der Waals surface area contributed by atoms with Crippen molar-refractivity contribution >= 4 is 0 Å². The molecule has 2 heteroatoms. The molecule has 0 aromatic heterocycles. The van der Waals surface area contributed by atoms with Crippen molar-refractivity contribution in [3.05, 3.63) is 29.3 Å². The Hall–Kier alpha value is -1.02. The van der Waals surface area contributed by atoms with Gasteiger partial charge in [0.2, 0.25) is 0 Å². The molecule has 15 heavy (non-hydrogen) atoms. The van der Waals surface area contributed by atoms with E-state index < -0.39 is 0 Å². The van der Waals surface area contributed by atoms with E-state index in [0.29, 0.717) is 0 Å². The summed E-state index contributed by atoms with van der Waals surface area (Å²) in [6.07, 6.45) is 4.90. The molecular formula is C13H17NO. The van der Waals surface area contributed by atoms with Gasteiger partial charge >= 0.3 is 0 Å². The summed E-state index contributed by atoms with van der Waals surface area (Å²) in [5.41, 5.74) is 8.78. The summed E-state index contributed by atoms with van der Waals surface area (Å²) in [6, 6.07) is 6.55. The van der Waals surface area contributed by atoms with Crippen LogP contribution in [0, 0.1) is 5.92 Å². The Labute approximate surface area is 90.4 Å². The number of para-hydroxylation sites is 1. The Bertz CT molecular complexity index is 371. The number of fused-ring (bicyclic) bond motifs is 1. The van der Waals surface area contributed by atoms with Crippen molar-refractivity contribution in [1.29, 1.82) is 0 Å². The first-order valence-corrected chi connectivity index (χ1v) is 5.85. The Morgan fingerprint density at radius 2 is 2.27 bits per heavy atom. The number of ether oxygens (including phenoxy) is 1. The highest BCUT2D eigenvalue weighted by atomic mass is 16.5. The summed E-state index contributed by atoms with van der Waals surface area (Å²) in [5, 5.41) is 0. The molecule has 2 aliphatic rings. The molecule has 1 fully saturated rings. The Morgan fingerprint density at radius 3 is 3.07 bits per heavy atom. The van der Waals surface area contributed by atoms with Crippen molar-refractivity contribution in [1.82, 2.24) is 0 Å². The SMILES string of the molecule is NC(CC1CC1)c1cccc2c1OCC2. The molecule has 80 valence electrons. The number of nitrogens with two attached hydrogens (primary N) is 1. The average Bonchev–Trinajstić information content (AvgIpc) is 2.93. The normalized spacial score (nSPS) is 20.9. The lowest BCUT2D eigenvalue weighted by atomic mass is 9.98. The van der Waals surface area contributed by atoms with Gasteiger partial charge in [0.25, 0.3) is 0 Å². The predicted octanol–water partition coefficient (Wildman–Crippen LogP) is 2.42. The second kappa shape index (κ2) is 3.53. The maximum Gasteiger partial charge on any atom is 0.127 e. The fourth-order valence-corrected chi connectivity index (χ4v) is 2.37. The van der Waals surface area contributed by atoms with Crippen LogP contribution in [0.25, 0.3) is 0 Å². The van der Waals surface area contributed by atoms with Crippen LogP contribution in [-0.2, 0) is 6.42 Å². The van der Waals surface area contributed by atoms with Gasteiger partial charge in [0.05, 0.1) is 6.61 Å². The summed E-state index contributed by atoms with van der Waals surface area (Å²) >= 11 is 0. The summed E-state index contributed by atoms with van der Waals surface area (Å²) in [5.74, 6) is 1.95. The van der Waals surface area contributed by atoms with Gasteiger partial charge in [-0.15, -0.1) is 0 Å². The van der Waals surface area contributed by atoms with Gasteiger partial charge in [0, 0.05) is 18.0 Å². The highest BCUT2D eigenvalue weighted by Gasteiger charge is 2.27. The fourth-order valence-electron chi connectivity index (χ4n) is 2.37. The number of rotatable bonds is 3. The highest BCUT2D eigenvalue weighted by molar-refractivity contribution is 5.45. The molecular weight excluding hydrogens is 186 g/mol. The van der Waals surface area contributed by atoms with Crippen LogP contribution in [0.2, 0.25) is 0 Å². The van der Waals surface area contributed by atoms with Crippen LogP contribution in [0.15, 0.2) is 18.2 Å². The molecule has 2 nitrogen and oxygen atoms in total. The molecule has 1 aliphatic heterocycles. The Balaban J connectivity index is 1.86. The van der Waals surface area contributed by atoms with Gasteiger partial charge in [-0.05, 0) is 17.9 Å². The number of hydrogen-bond acceptors (Lipinski definition) is 2. The fraction of sp³-hybridized carbons (Fsp3) is 0.538. The lowest BCUT2D eigenvalue weighted by molar-refractivity contribution is 0.350. The van der Waals surface area contributed by atoms with Crippen molar-refractivity contribution in [3.63, 3.8) is 0 Å². The van der Waals surface area contributed by atoms with Crippen LogP contribution in [0.5, 0.6) is 5.75 Å². The van der Waals surface area contributed by atoms with Crippen molar-refractivity contribution in [2.75, 3.05) is 6.61 Å². The molecule has 0 bridgehead atoms. The third kappa shape index (κ3) is 1.74. The van der Waals surface area contributed by atoms with Gasteiger partial charge in [0.1, 0.15) is 5.75 Å². The van der Waals surface area contributed by atoms with Gasteiger partial charge < -0.3 is 10.5 Å². The van der Waals surface area contributed by atoms with E-state index >= 15 is 0 Å². The van der Waals surface area contributed by atoms with Crippen molar-refractivity contribution in [3.8, 4) is 5.75 Å². The molecule has 1 unspecified atom stereocenters. The number of hydrogen-bond donors (Lipinski definition) is 1. The van der Waals surface area contributed by atoms with Crippen molar-refractivity contribution in [2.24, 2.45) is 11.7 Å². The zero-order valence-electron chi connectivity index (χ0n) is 8.91. The van der Waals surface area contributed by atoms with Gasteiger partial charge in [0.15, 0.2) is 0 Å². The quantitative estimate of drug-likeness (QED) is 0.818. The summed E-state index contributed by atoms with van der Waals surface area (Å²) in [6.45, 7) is 0.822. The summed E-state index contributed by atoms with van der Waals surface area (Å²) < 4.78 is 5.67. The molecule has 1 atom stereocenters. The smallest absolute Gasteiger partial charge is 0.127 e. The van der Waals surface area contributed by atoms with E-state index in [9.17, 15) is 0 Å². The molecule has 1 aromatic rings. The Morgan fingerprint density at radius 1 is 1.40 bits per heavy atom. The van der Waals surface area contributed by atoms with Crippen LogP contribution in [-0.4, -0.2) is 6.61 Å². The second-order valence-corrected chi connectivity index (χ2v) is 4.72. The van der Waals surface area contributed by atoms with Gasteiger partial charge in [-0.3, -0.25) is 0 Å². The maximum absolute atomic E-state index is 6.23. The third-order valence-corrected chi connectivity index (χ3v) is 3.43. The lowest BCUT2D eigenvalue weighted by Crippen LogP contribution is -2.12. The monoisotopic (exact) mass is 203 g/mol. The van der Waals surface area contributed by atoms with Gasteiger partial charge in [-0.25, -0.2) is 0 Å². The second-order valence-electron chi connectivity index (χ2n) is 4.72. The zero-order chi connectivity index (χ0) is 10.3. The minimum Gasteiger partial charge on any atom is -0.493 e. The van der Waals surface area contributed by atoms with Crippen LogP contribution in [0.1, 0.15) is 36.4 Å². The van der Waals surface area contributed by atoms with Gasteiger partial charge in [-0.1, -0.05) is 31.0 Å². The minimum atomic E-state index is 0.172. The molecule has 2 N–H and O–H groups in total. The largest absolute Gasteiger partial charge is 0.493 e. The first-order valence-electron chi connectivity index (χ1n) is 5.85. The van der Waals surface area contributed by atoms with E-state index in [1.54, 1.807) is 0 Å². The average molecular weight is 203 g/mol. The molecule has 3 rings (SSSR count). The molecule has 0 amide bonds. The number of benzene rings is 1. The topological polar surface area (TPSA) is 35.2 Å². The molecule has 1 aromatic carbocycles. The Kier molecular flexibility index (Phi) is 2.17. The molecule has 0 spiro atoms. The van der Waals surface area contributed by atoms with Crippen LogP contribution >= 0.6 is 0 Å². The van der Waals surface area contributed by atoms with Gasteiger partial charge in [-0.2, -0.15) is 0 Å². The maximum atomic E-state index is 6.23. The van der Waals surface area contributed by atoms with E-state index in [4.69, 9.17) is 10.5 Å². The molecule has 1 saturated carbocycles. The lowest BCUT2D eigenvalue weighted by Gasteiger charge is -2.14. The van der Waals surface area contributed by atoms with E-state index in [1.165, 1.54) is 24.0 Å². The molecule has 0 saturated heterocycles. The first kappa shape index (κ1) is 9.22. The highest BCUT2D eigenvalue weighted by Crippen LogP contribution is 2.40. The van der Waals surface area contributed by atoms with E-state index in [1.807, 2.05) is 0 Å². The third-order valence-electron chi connectivity index (χ3n) is 3.43. The minimum absolute atomic E-state index is 0.172. The van der Waals surface area contributed by atoms with E-state index in [0.717, 1.165) is 31.1 Å². The van der Waals surface area contributed by atoms with Crippen LogP contribution < -0.4 is 10.5 Å². The van der Waals surface area contributed by atoms with Crippen LogP contribution in [0.4, 0.5) is 0 Å². The molecule has 1 aliphatic carbocycles. The first-order chi connectivity index (χ1) is 7.34. The van der Waals surface area contributed by atoms with E-state index in [2.05, 4.69) is 18.2 Å². The summed E-state index contributed by atoms with van der Waals surface area (Å²) in [7, 11) is 0.